The number of nitrogens with zero attached hydrogens (tertiary/aromatic N) is 3. The van der Waals surface area contributed by atoms with Crippen molar-refractivity contribution >= 4 is 5.78 Å². The first-order valence-corrected chi connectivity index (χ1v) is 4.12. The molecule has 1 heterocycles. The number of Topliss-reactive ketones (excluding diaryl/α,β-unsaturated/α-hetero) is 1. The topological polar surface area (TPSA) is 47.8 Å². The van der Waals surface area contributed by atoms with Crippen molar-refractivity contribution in [2.24, 2.45) is 0 Å². The number of hydrogen-bond donors (Lipinski definition) is 0. The Morgan fingerprint density at radius 3 is 2.67 bits per heavy atom. The summed E-state index contributed by atoms with van der Waals surface area (Å²) in [6, 6.07) is 0. The highest BCUT2D eigenvalue weighted by Crippen LogP contribution is 2.38. The van der Waals surface area contributed by atoms with E-state index in [1.165, 1.54) is 6.33 Å². The molecule has 0 radical (unpaired) electrons. The lowest BCUT2D eigenvalue weighted by molar-refractivity contribution is -0.130. The van der Waals surface area contributed by atoms with E-state index >= 15 is 0 Å². The van der Waals surface area contributed by atoms with Crippen molar-refractivity contribution < 1.29 is 4.79 Å². The van der Waals surface area contributed by atoms with Crippen molar-refractivity contribution in [2.75, 3.05) is 0 Å². The molecule has 1 aliphatic carbocycles. The first-order valence-electron chi connectivity index (χ1n) is 4.12. The van der Waals surface area contributed by atoms with Gasteiger partial charge in [0.15, 0.2) is 5.78 Å². The standard InChI is InChI=1S/C8H11N3O/c1-7(12)8(3-2-4-8)11-6-9-5-10-11/h5-6H,2-4H2,1H3. The highest BCUT2D eigenvalue weighted by atomic mass is 16.1. The van der Waals surface area contributed by atoms with Gasteiger partial charge >= 0.3 is 0 Å². The summed E-state index contributed by atoms with van der Waals surface area (Å²) in [5.41, 5.74) is -0.351. The fourth-order valence-electron chi connectivity index (χ4n) is 1.68. The van der Waals surface area contributed by atoms with E-state index in [1.54, 1.807) is 17.9 Å². The molecule has 64 valence electrons. The molecule has 2 rings (SSSR count). The zero-order valence-corrected chi connectivity index (χ0v) is 7.03. The van der Waals surface area contributed by atoms with Crippen LogP contribution in [0.15, 0.2) is 12.7 Å². The highest BCUT2D eigenvalue weighted by molar-refractivity contribution is 5.84. The van der Waals surface area contributed by atoms with Crippen LogP contribution in [0.2, 0.25) is 0 Å². The normalized spacial score (nSPS) is 20.1. The van der Waals surface area contributed by atoms with Gasteiger partial charge in [0.25, 0.3) is 0 Å². The number of aromatic nitrogens is 3. The molecular weight excluding hydrogens is 154 g/mol. The average Bonchev–Trinajstić information content (AvgIpc) is 2.35. The van der Waals surface area contributed by atoms with Gasteiger partial charge in [0, 0.05) is 0 Å². The average molecular weight is 165 g/mol. The maximum Gasteiger partial charge on any atom is 0.157 e. The molecule has 0 unspecified atom stereocenters. The molecule has 12 heavy (non-hydrogen) atoms. The van der Waals surface area contributed by atoms with Crippen LogP contribution in [0.5, 0.6) is 0 Å². The van der Waals surface area contributed by atoms with Gasteiger partial charge < -0.3 is 0 Å². The molecule has 1 aliphatic rings. The van der Waals surface area contributed by atoms with Gasteiger partial charge in [-0.2, -0.15) is 5.10 Å². The summed E-state index contributed by atoms with van der Waals surface area (Å²) < 4.78 is 1.69. The molecule has 1 fully saturated rings. The summed E-state index contributed by atoms with van der Waals surface area (Å²) >= 11 is 0. The molecule has 1 aromatic heterocycles. The second kappa shape index (κ2) is 2.40. The third-order valence-corrected chi connectivity index (χ3v) is 2.69. The largest absolute Gasteiger partial charge is 0.297 e. The van der Waals surface area contributed by atoms with Crippen LogP contribution in [0.1, 0.15) is 26.2 Å². The lowest BCUT2D eigenvalue weighted by Gasteiger charge is -2.39. The van der Waals surface area contributed by atoms with E-state index in [0.29, 0.717) is 0 Å². The number of hydrogen-bond acceptors (Lipinski definition) is 3. The Labute approximate surface area is 70.6 Å². The minimum atomic E-state index is -0.351. The molecule has 4 nitrogen and oxygen atoms in total. The van der Waals surface area contributed by atoms with E-state index in [-0.39, 0.29) is 11.3 Å². The third kappa shape index (κ3) is 0.807. The van der Waals surface area contributed by atoms with Crippen LogP contribution >= 0.6 is 0 Å². The maximum absolute atomic E-state index is 11.4. The van der Waals surface area contributed by atoms with E-state index in [4.69, 9.17) is 0 Å². The Morgan fingerprint density at radius 2 is 2.33 bits per heavy atom. The van der Waals surface area contributed by atoms with E-state index in [1.807, 2.05) is 0 Å². The Balaban J connectivity index is 2.35. The molecular formula is C8H11N3O. The zero-order chi connectivity index (χ0) is 8.60. The Kier molecular flexibility index (Phi) is 1.49. The van der Waals surface area contributed by atoms with Gasteiger partial charge in [0.05, 0.1) is 0 Å². The predicted molar refractivity (Wildman–Crippen MR) is 42.5 cm³/mol. The van der Waals surface area contributed by atoms with Crippen LogP contribution in [0.3, 0.4) is 0 Å². The molecule has 0 aromatic carbocycles. The lowest BCUT2D eigenvalue weighted by Crippen LogP contribution is -2.47. The van der Waals surface area contributed by atoms with Crippen LogP contribution in [0.25, 0.3) is 0 Å². The molecule has 0 amide bonds. The maximum atomic E-state index is 11.4. The number of carbonyl (C=O) groups excluding carboxylic acids is 1. The van der Waals surface area contributed by atoms with Crippen molar-refractivity contribution in [1.82, 2.24) is 14.8 Å². The van der Waals surface area contributed by atoms with Crippen LogP contribution in [-0.4, -0.2) is 20.5 Å². The monoisotopic (exact) mass is 165 g/mol. The second-order valence-electron chi connectivity index (χ2n) is 3.28. The van der Waals surface area contributed by atoms with E-state index in [2.05, 4.69) is 10.1 Å². The summed E-state index contributed by atoms with van der Waals surface area (Å²) in [4.78, 5) is 15.2. The Hall–Kier alpha value is -1.19. The van der Waals surface area contributed by atoms with Crippen molar-refractivity contribution in [1.29, 1.82) is 0 Å². The molecule has 0 saturated heterocycles. The van der Waals surface area contributed by atoms with Gasteiger partial charge in [-0.05, 0) is 26.2 Å². The first kappa shape index (κ1) is 7.46. The molecule has 0 bridgehead atoms. The molecule has 1 aromatic rings. The van der Waals surface area contributed by atoms with Gasteiger partial charge in [0.1, 0.15) is 18.2 Å². The van der Waals surface area contributed by atoms with Crippen molar-refractivity contribution in [3.05, 3.63) is 12.7 Å². The fraction of sp³-hybridized carbons (Fsp3) is 0.625. The van der Waals surface area contributed by atoms with E-state index in [0.717, 1.165) is 19.3 Å². The number of carbonyl (C=O) groups is 1. The summed E-state index contributed by atoms with van der Waals surface area (Å²) in [6.45, 7) is 1.63. The minimum Gasteiger partial charge on any atom is -0.297 e. The summed E-state index contributed by atoms with van der Waals surface area (Å²) in [5.74, 6) is 0.194. The van der Waals surface area contributed by atoms with Crippen molar-refractivity contribution in [3.8, 4) is 0 Å². The lowest BCUT2D eigenvalue weighted by atomic mass is 9.74. The van der Waals surface area contributed by atoms with Crippen LogP contribution in [-0.2, 0) is 10.3 Å². The molecule has 0 aliphatic heterocycles. The molecule has 0 N–H and O–H groups in total. The molecule has 4 heteroatoms. The quantitative estimate of drug-likeness (QED) is 0.649. The molecule has 0 atom stereocenters. The van der Waals surface area contributed by atoms with Gasteiger partial charge in [0.2, 0.25) is 0 Å². The second-order valence-corrected chi connectivity index (χ2v) is 3.28. The van der Waals surface area contributed by atoms with Gasteiger partial charge in [-0.3, -0.25) is 4.79 Å². The van der Waals surface area contributed by atoms with E-state index < -0.39 is 0 Å². The molecule has 1 saturated carbocycles. The Morgan fingerprint density at radius 1 is 1.58 bits per heavy atom. The van der Waals surface area contributed by atoms with Crippen molar-refractivity contribution in [3.63, 3.8) is 0 Å². The Bertz CT molecular complexity index is 287. The highest BCUT2D eigenvalue weighted by Gasteiger charge is 2.44. The van der Waals surface area contributed by atoms with Crippen molar-refractivity contribution in [2.45, 2.75) is 31.7 Å². The first-order chi connectivity index (χ1) is 5.76. The summed E-state index contributed by atoms with van der Waals surface area (Å²) in [7, 11) is 0. The zero-order valence-electron chi connectivity index (χ0n) is 7.03. The van der Waals surface area contributed by atoms with Crippen LogP contribution < -0.4 is 0 Å². The van der Waals surface area contributed by atoms with Crippen LogP contribution in [0, 0.1) is 0 Å². The summed E-state index contributed by atoms with van der Waals surface area (Å²) in [5, 5.41) is 4.02. The minimum absolute atomic E-state index is 0.194. The van der Waals surface area contributed by atoms with Gasteiger partial charge in [-0.15, -0.1) is 0 Å². The van der Waals surface area contributed by atoms with Gasteiger partial charge in [-0.1, -0.05) is 0 Å². The summed E-state index contributed by atoms with van der Waals surface area (Å²) in [6.07, 6.45) is 6.03. The third-order valence-electron chi connectivity index (χ3n) is 2.69. The van der Waals surface area contributed by atoms with Gasteiger partial charge in [-0.25, -0.2) is 9.67 Å². The molecule has 0 spiro atoms. The SMILES string of the molecule is CC(=O)C1(n2cncn2)CCC1. The number of ketones is 1. The predicted octanol–water partition coefficient (Wildman–Crippen LogP) is 0.746. The van der Waals surface area contributed by atoms with E-state index in [9.17, 15) is 4.79 Å². The van der Waals surface area contributed by atoms with Crippen LogP contribution in [0.4, 0.5) is 0 Å². The number of rotatable bonds is 2. The smallest absolute Gasteiger partial charge is 0.157 e. The fourth-order valence-corrected chi connectivity index (χ4v) is 1.68.